The van der Waals surface area contributed by atoms with E-state index in [0.717, 1.165) is 43.9 Å². The van der Waals surface area contributed by atoms with Crippen molar-refractivity contribution in [2.75, 3.05) is 20.6 Å². The van der Waals surface area contributed by atoms with E-state index in [2.05, 4.69) is 64.5 Å². The van der Waals surface area contributed by atoms with Gasteiger partial charge in [-0.25, -0.2) is 4.98 Å². The molecule has 2 rings (SSSR count). The van der Waals surface area contributed by atoms with Crippen LogP contribution in [0.4, 0.5) is 0 Å². The summed E-state index contributed by atoms with van der Waals surface area (Å²) in [7, 11) is 3.88. The van der Waals surface area contributed by atoms with Gasteiger partial charge in [0.1, 0.15) is 0 Å². The van der Waals surface area contributed by atoms with Crippen LogP contribution in [0.25, 0.3) is 0 Å². The van der Waals surface area contributed by atoms with Gasteiger partial charge in [0.25, 0.3) is 0 Å². The van der Waals surface area contributed by atoms with E-state index in [-0.39, 0.29) is 0 Å². The zero-order chi connectivity index (χ0) is 17.9. The average molecular weight is 357 g/mol. The number of nitrogens with one attached hydrogen (secondary N) is 1. The summed E-state index contributed by atoms with van der Waals surface area (Å²) >= 11 is 1.74. The number of hydrogen-bond acceptors (Lipinski definition) is 3. The predicted octanol–water partition coefficient (Wildman–Crippen LogP) is 3.90. The Kier molecular flexibility index (Phi) is 8.19. The van der Waals surface area contributed by atoms with Crippen LogP contribution in [0.3, 0.4) is 0 Å². The van der Waals surface area contributed by atoms with E-state index >= 15 is 0 Å². The molecular formula is C20H28N4S. The number of aromatic nitrogens is 1. The minimum absolute atomic E-state index is 0.709. The SMILES string of the molecule is C=CCCCN(C)C(=NC)NCc1csc(CCc2ccccc2)n1. The van der Waals surface area contributed by atoms with Crippen molar-refractivity contribution in [3.8, 4) is 0 Å². The van der Waals surface area contributed by atoms with Gasteiger partial charge in [-0.15, -0.1) is 17.9 Å². The van der Waals surface area contributed by atoms with E-state index < -0.39 is 0 Å². The summed E-state index contributed by atoms with van der Waals surface area (Å²) in [4.78, 5) is 11.2. The van der Waals surface area contributed by atoms with Gasteiger partial charge in [-0.1, -0.05) is 36.4 Å². The molecule has 0 aliphatic heterocycles. The number of hydrogen-bond donors (Lipinski definition) is 1. The number of rotatable bonds is 9. The monoisotopic (exact) mass is 356 g/mol. The maximum absolute atomic E-state index is 4.74. The predicted molar refractivity (Wildman–Crippen MR) is 108 cm³/mol. The van der Waals surface area contributed by atoms with E-state index in [4.69, 9.17) is 4.98 Å². The van der Waals surface area contributed by atoms with Crippen LogP contribution < -0.4 is 5.32 Å². The van der Waals surface area contributed by atoms with Gasteiger partial charge in [-0.2, -0.15) is 0 Å². The van der Waals surface area contributed by atoms with Crippen LogP contribution in [0.5, 0.6) is 0 Å². The number of aryl methyl sites for hydroxylation is 2. The fourth-order valence-electron chi connectivity index (χ4n) is 2.57. The van der Waals surface area contributed by atoms with Gasteiger partial charge in [0.2, 0.25) is 0 Å². The number of thiazole rings is 1. The average Bonchev–Trinajstić information content (AvgIpc) is 3.09. The Bertz CT molecular complexity index is 663. The van der Waals surface area contributed by atoms with Crippen LogP contribution in [-0.4, -0.2) is 36.5 Å². The lowest BCUT2D eigenvalue weighted by atomic mass is 10.1. The van der Waals surface area contributed by atoms with Crippen molar-refractivity contribution >= 4 is 17.3 Å². The van der Waals surface area contributed by atoms with Crippen molar-refractivity contribution < 1.29 is 0 Å². The summed E-state index contributed by atoms with van der Waals surface area (Å²) in [5, 5.41) is 6.72. The largest absolute Gasteiger partial charge is 0.351 e. The molecule has 0 aliphatic carbocycles. The van der Waals surface area contributed by atoms with Crippen molar-refractivity contribution in [1.82, 2.24) is 15.2 Å². The maximum atomic E-state index is 4.74. The van der Waals surface area contributed by atoms with Crippen molar-refractivity contribution in [3.05, 3.63) is 64.6 Å². The van der Waals surface area contributed by atoms with E-state index in [0.29, 0.717) is 6.54 Å². The molecule has 0 aliphatic rings. The molecular weight excluding hydrogens is 328 g/mol. The Hall–Kier alpha value is -2.14. The van der Waals surface area contributed by atoms with E-state index in [1.807, 2.05) is 13.1 Å². The first-order chi connectivity index (χ1) is 12.2. The zero-order valence-electron chi connectivity index (χ0n) is 15.2. The Balaban J connectivity index is 1.78. The highest BCUT2D eigenvalue weighted by molar-refractivity contribution is 7.09. The molecule has 5 heteroatoms. The van der Waals surface area contributed by atoms with Crippen molar-refractivity contribution in [2.24, 2.45) is 4.99 Å². The third-order valence-corrected chi connectivity index (χ3v) is 4.93. The Morgan fingerprint density at radius 3 is 2.84 bits per heavy atom. The molecule has 0 fully saturated rings. The normalized spacial score (nSPS) is 11.4. The third-order valence-electron chi connectivity index (χ3n) is 3.97. The smallest absolute Gasteiger partial charge is 0.193 e. The van der Waals surface area contributed by atoms with Crippen LogP contribution in [0, 0.1) is 0 Å². The Morgan fingerprint density at radius 1 is 1.32 bits per heavy atom. The lowest BCUT2D eigenvalue weighted by Gasteiger charge is -2.21. The van der Waals surface area contributed by atoms with Gasteiger partial charge in [-0.3, -0.25) is 4.99 Å². The highest BCUT2D eigenvalue weighted by atomic mass is 32.1. The highest BCUT2D eigenvalue weighted by Crippen LogP contribution is 2.13. The van der Waals surface area contributed by atoms with Crippen LogP contribution in [0.2, 0.25) is 0 Å². The number of guanidine groups is 1. The minimum atomic E-state index is 0.709. The van der Waals surface area contributed by atoms with Crippen molar-refractivity contribution in [2.45, 2.75) is 32.2 Å². The van der Waals surface area contributed by atoms with Crippen LogP contribution in [0.15, 0.2) is 53.4 Å². The van der Waals surface area contributed by atoms with Crippen molar-refractivity contribution in [3.63, 3.8) is 0 Å². The molecule has 2 aromatic rings. The maximum Gasteiger partial charge on any atom is 0.193 e. The fourth-order valence-corrected chi connectivity index (χ4v) is 3.37. The van der Waals surface area contributed by atoms with Crippen LogP contribution >= 0.6 is 11.3 Å². The first-order valence-corrected chi connectivity index (χ1v) is 9.60. The lowest BCUT2D eigenvalue weighted by molar-refractivity contribution is 0.469. The Labute approximate surface area is 155 Å². The van der Waals surface area contributed by atoms with Crippen LogP contribution in [0.1, 0.15) is 29.1 Å². The quantitative estimate of drug-likeness (QED) is 0.321. The number of allylic oxidation sites excluding steroid dienone is 1. The number of benzene rings is 1. The summed E-state index contributed by atoms with van der Waals surface area (Å²) in [6, 6.07) is 10.6. The second-order valence-corrected chi connectivity index (χ2v) is 6.91. The fraction of sp³-hybridized carbons (Fsp3) is 0.400. The molecule has 0 unspecified atom stereocenters. The van der Waals surface area contributed by atoms with Gasteiger partial charge >= 0.3 is 0 Å². The zero-order valence-corrected chi connectivity index (χ0v) is 16.1. The van der Waals surface area contributed by atoms with Gasteiger partial charge in [0, 0.05) is 32.4 Å². The molecule has 0 amide bonds. The summed E-state index contributed by atoms with van der Waals surface area (Å²) in [6.07, 6.45) is 6.09. The summed E-state index contributed by atoms with van der Waals surface area (Å²) in [5.74, 6) is 0.905. The van der Waals surface area contributed by atoms with E-state index in [1.165, 1.54) is 10.6 Å². The van der Waals surface area contributed by atoms with Gasteiger partial charge in [0.15, 0.2) is 5.96 Å². The highest BCUT2D eigenvalue weighted by Gasteiger charge is 2.07. The van der Waals surface area contributed by atoms with Crippen LogP contribution in [-0.2, 0) is 19.4 Å². The molecule has 0 saturated carbocycles. The molecule has 1 aromatic carbocycles. The minimum Gasteiger partial charge on any atom is -0.351 e. The lowest BCUT2D eigenvalue weighted by Crippen LogP contribution is -2.39. The van der Waals surface area contributed by atoms with Gasteiger partial charge < -0.3 is 10.2 Å². The van der Waals surface area contributed by atoms with Gasteiger partial charge in [0.05, 0.1) is 17.2 Å². The molecule has 0 radical (unpaired) electrons. The molecule has 0 bridgehead atoms. The first-order valence-electron chi connectivity index (χ1n) is 8.72. The van der Waals surface area contributed by atoms with E-state index in [9.17, 15) is 0 Å². The third kappa shape index (κ3) is 6.70. The summed E-state index contributed by atoms with van der Waals surface area (Å²) in [6.45, 7) is 5.44. The number of nitrogens with zero attached hydrogens (tertiary/aromatic N) is 3. The molecule has 134 valence electrons. The Morgan fingerprint density at radius 2 is 2.12 bits per heavy atom. The molecule has 1 heterocycles. The summed E-state index contributed by atoms with van der Waals surface area (Å²) in [5.41, 5.74) is 2.44. The standard InChI is InChI=1S/C20H28N4S/c1-4-5-9-14-24(3)20(21-2)22-15-18-16-25-19(23-18)13-12-17-10-7-6-8-11-17/h4,6-8,10-11,16H,1,5,9,12-15H2,2-3H3,(H,21,22). The van der Waals surface area contributed by atoms with E-state index in [1.54, 1.807) is 11.3 Å². The topological polar surface area (TPSA) is 40.5 Å². The molecule has 1 N–H and O–H groups in total. The summed E-state index contributed by atoms with van der Waals surface area (Å²) < 4.78 is 0. The van der Waals surface area contributed by atoms with Gasteiger partial charge in [-0.05, 0) is 24.8 Å². The van der Waals surface area contributed by atoms with Crippen molar-refractivity contribution in [1.29, 1.82) is 0 Å². The molecule has 4 nitrogen and oxygen atoms in total. The number of aliphatic imine (C=N–C) groups is 1. The molecule has 25 heavy (non-hydrogen) atoms. The second kappa shape index (κ2) is 10.7. The molecule has 1 aromatic heterocycles. The molecule has 0 spiro atoms. The molecule has 0 saturated heterocycles. The second-order valence-electron chi connectivity index (χ2n) is 5.97. The molecule has 0 atom stereocenters. The first kappa shape index (κ1) is 19.2. The number of unbranched alkanes of at least 4 members (excludes halogenated alkanes) is 1.